The number of hydrogen-bond donors (Lipinski definition) is 1. The number of hydrogen-bond acceptors (Lipinski definition) is 3. The van der Waals surface area contributed by atoms with Crippen molar-refractivity contribution in [1.29, 1.82) is 0 Å². The average Bonchev–Trinajstić information content (AvgIpc) is 2.75. The lowest BCUT2D eigenvalue weighted by atomic mass is 9.96. The number of carbonyl (C=O) groups excluding carboxylic acids is 1. The molecule has 0 saturated carbocycles. The molecule has 1 aromatic carbocycles. The Labute approximate surface area is 120 Å². The molecule has 1 atom stereocenters. The standard InChI is InChI=1S/C15H14F3NO2/c1-3-21-14-9(2)13(19-12(14)8-20)10-6-4-5-7-11(10)15(16,17)18/h4-7,13,19H,3H2,1-2H3. The Morgan fingerprint density at radius 2 is 2.00 bits per heavy atom. The second-order valence-electron chi connectivity index (χ2n) is 4.58. The molecule has 0 aliphatic carbocycles. The molecular weight excluding hydrogens is 283 g/mol. The van der Waals surface area contributed by atoms with Crippen LogP contribution >= 0.6 is 0 Å². The predicted molar refractivity (Wildman–Crippen MR) is 70.9 cm³/mol. The van der Waals surface area contributed by atoms with E-state index in [-0.39, 0.29) is 17.0 Å². The first kappa shape index (κ1) is 15.2. The number of benzene rings is 1. The predicted octanol–water partition coefficient (Wildman–Crippen LogP) is 3.38. The van der Waals surface area contributed by atoms with Crippen molar-refractivity contribution in [3.8, 4) is 0 Å². The second-order valence-corrected chi connectivity index (χ2v) is 4.58. The molecule has 6 heteroatoms. The van der Waals surface area contributed by atoms with Crippen LogP contribution in [-0.2, 0) is 15.7 Å². The van der Waals surface area contributed by atoms with Crippen molar-refractivity contribution < 1.29 is 22.7 Å². The molecule has 0 spiro atoms. The molecule has 0 amide bonds. The molecule has 1 aliphatic heterocycles. The second kappa shape index (κ2) is 5.66. The van der Waals surface area contributed by atoms with Crippen LogP contribution in [0.2, 0.25) is 0 Å². The highest BCUT2D eigenvalue weighted by Crippen LogP contribution is 2.40. The van der Waals surface area contributed by atoms with Crippen LogP contribution in [0.25, 0.3) is 0 Å². The number of ether oxygens (including phenoxy) is 1. The van der Waals surface area contributed by atoms with Crippen LogP contribution < -0.4 is 5.32 Å². The van der Waals surface area contributed by atoms with Gasteiger partial charge in [0.2, 0.25) is 0 Å². The van der Waals surface area contributed by atoms with E-state index in [4.69, 9.17) is 4.74 Å². The Balaban J connectivity index is 2.52. The van der Waals surface area contributed by atoms with E-state index in [2.05, 4.69) is 5.32 Å². The molecule has 0 radical (unpaired) electrons. The topological polar surface area (TPSA) is 38.3 Å². The third kappa shape index (κ3) is 2.81. The van der Waals surface area contributed by atoms with Crippen molar-refractivity contribution in [1.82, 2.24) is 5.32 Å². The summed E-state index contributed by atoms with van der Waals surface area (Å²) in [5.41, 5.74) is -0.0852. The molecule has 21 heavy (non-hydrogen) atoms. The van der Waals surface area contributed by atoms with Gasteiger partial charge in [0.15, 0.2) is 17.4 Å². The molecule has 1 heterocycles. The number of halogens is 3. The zero-order valence-electron chi connectivity index (χ0n) is 11.5. The Kier molecular flexibility index (Phi) is 4.09. The van der Waals surface area contributed by atoms with E-state index >= 15 is 0 Å². The molecule has 2 rings (SSSR count). The summed E-state index contributed by atoms with van der Waals surface area (Å²) in [7, 11) is 0. The van der Waals surface area contributed by atoms with Gasteiger partial charge in [0.1, 0.15) is 0 Å². The fourth-order valence-corrected chi connectivity index (χ4v) is 2.37. The maximum atomic E-state index is 13.1. The fourth-order valence-electron chi connectivity index (χ4n) is 2.37. The quantitative estimate of drug-likeness (QED) is 0.869. The van der Waals surface area contributed by atoms with Gasteiger partial charge in [-0.3, -0.25) is 0 Å². The normalized spacial score (nSPS) is 18.5. The number of rotatable bonds is 3. The third-order valence-corrected chi connectivity index (χ3v) is 3.27. The van der Waals surface area contributed by atoms with Gasteiger partial charge in [0.25, 0.3) is 0 Å². The summed E-state index contributed by atoms with van der Waals surface area (Å²) in [6.45, 7) is 3.69. The van der Waals surface area contributed by atoms with Gasteiger partial charge < -0.3 is 10.1 Å². The molecule has 0 fully saturated rings. The maximum Gasteiger partial charge on any atom is 0.416 e. The largest absolute Gasteiger partial charge is 0.491 e. The molecular formula is C15H14F3NO2. The molecule has 112 valence electrons. The van der Waals surface area contributed by atoms with Gasteiger partial charge in [-0.2, -0.15) is 13.2 Å². The Morgan fingerprint density at radius 1 is 1.33 bits per heavy atom. The van der Waals surface area contributed by atoms with E-state index in [9.17, 15) is 18.0 Å². The fraction of sp³-hybridized carbons (Fsp3) is 0.333. The van der Waals surface area contributed by atoms with Crippen LogP contribution in [0.3, 0.4) is 0 Å². The van der Waals surface area contributed by atoms with Gasteiger partial charge in [0.05, 0.1) is 18.2 Å². The van der Waals surface area contributed by atoms with E-state index in [1.165, 1.54) is 18.2 Å². The lowest BCUT2D eigenvalue weighted by Gasteiger charge is -2.19. The molecule has 0 aromatic heterocycles. The zero-order valence-corrected chi connectivity index (χ0v) is 11.5. The molecule has 0 saturated heterocycles. The first-order valence-corrected chi connectivity index (χ1v) is 6.41. The smallest absolute Gasteiger partial charge is 0.416 e. The van der Waals surface area contributed by atoms with E-state index in [0.29, 0.717) is 12.2 Å². The summed E-state index contributed by atoms with van der Waals surface area (Å²) in [5, 5.41) is 2.75. The van der Waals surface area contributed by atoms with E-state index < -0.39 is 17.8 Å². The zero-order chi connectivity index (χ0) is 15.6. The summed E-state index contributed by atoms with van der Waals surface area (Å²) in [6.07, 6.45) is -4.46. The van der Waals surface area contributed by atoms with Crippen LogP contribution in [0.1, 0.15) is 31.0 Å². The third-order valence-electron chi connectivity index (χ3n) is 3.27. The van der Waals surface area contributed by atoms with Crippen molar-refractivity contribution in [2.75, 3.05) is 6.61 Å². The van der Waals surface area contributed by atoms with Crippen LogP contribution in [-0.4, -0.2) is 12.5 Å². The van der Waals surface area contributed by atoms with Gasteiger partial charge in [-0.15, -0.1) is 0 Å². The summed E-state index contributed by atoms with van der Waals surface area (Å²) in [4.78, 5) is 10.9. The number of nitrogens with one attached hydrogen (secondary N) is 1. The highest BCUT2D eigenvalue weighted by molar-refractivity contribution is 5.63. The lowest BCUT2D eigenvalue weighted by Crippen LogP contribution is -2.20. The monoisotopic (exact) mass is 297 g/mol. The van der Waals surface area contributed by atoms with Gasteiger partial charge in [-0.1, -0.05) is 18.2 Å². The van der Waals surface area contributed by atoms with Gasteiger partial charge in [-0.05, 0) is 31.1 Å². The van der Waals surface area contributed by atoms with Gasteiger partial charge >= 0.3 is 6.18 Å². The first-order chi connectivity index (χ1) is 9.90. The summed E-state index contributed by atoms with van der Waals surface area (Å²) in [6, 6.07) is 4.53. The minimum Gasteiger partial charge on any atom is -0.491 e. The Bertz CT molecular complexity index is 628. The molecule has 0 bridgehead atoms. The van der Waals surface area contributed by atoms with Crippen molar-refractivity contribution in [2.45, 2.75) is 26.1 Å². The average molecular weight is 297 g/mol. The molecule has 1 N–H and O–H groups in total. The van der Waals surface area contributed by atoms with E-state index in [1.54, 1.807) is 19.8 Å². The highest BCUT2D eigenvalue weighted by atomic mass is 19.4. The molecule has 1 unspecified atom stereocenters. The lowest BCUT2D eigenvalue weighted by molar-refractivity contribution is -0.138. The first-order valence-electron chi connectivity index (χ1n) is 6.41. The molecule has 3 nitrogen and oxygen atoms in total. The van der Waals surface area contributed by atoms with Crippen LogP contribution in [0.4, 0.5) is 13.2 Å². The summed E-state index contributed by atoms with van der Waals surface area (Å²) >= 11 is 0. The van der Waals surface area contributed by atoms with Crippen molar-refractivity contribution in [2.24, 2.45) is 0 Å². The number of alkyl halides is 3. The Hall–Kier alpha value is -2.20. The van der Waals surface area contributed by atoms with Crippen LogP contribution in [0.15, 0.2) is 41.3 Å². The van der Waals surface area contributed by atoms with E-state index in [0.717, 1.165) is 6.07 Å². The molecule has 1 aromatic rings. The van der Waals surface area contributed by atoms with Crippen molar-refractivity contribution in [3.63, 3.8) is 0 Å². The SMILES string of the molecule is CCOC1=C(C)C(c2ccccc2C(F)(F)F)NC1=C=O. The van der Waals surface area contributed by atoms with Crippen molar-refractivity contribution >= 4 is 5.94 Å². The minimum absolute atomic E-state index is 0.0522. The van der Waals surface area contributed by atoms with Gasteiger partial charge in [0, 0.05) is 0 Å². The van der Waals surface area contributed by atoms with E-state index in [1.807, 2.05) is 0 Å². The summed E-state index contributed by atoms with van der Waals surface area (Å²) in [5.74, 6) is 1.95. The minimum atomic E-state index is -4.46. The van der Waals surface area contributed by atoms with Crippen LogP contribution in [0.5, 0.6) is 0 Å². The van der Waals surface area contributed by atoms with Crippen LogP contribution in [0, 0.1) is 0 Å². The highest BCUT2D eigenvalue weighted by Gasteiger charge is 2.38. The van der Waals surface area contributed by atoms with Crippen molar-refractivity contribution in [3.05, 3.63) is 52.4 Å². The maximum absolute atomic E-state index is 13.1. The van der Waals surface area contributed by atoms with Gasteiger partial charge in [-0.25, -0.2) is 4.79 Å². The molecule has 1 aliphatic rings. The summed E-state index contributed by atoms with van der Waals surface area (Å²) < 4.78 is 44.6. The Morgan fingerprint density at radius 3 is 2.57 bits per heavy atom.